The maximum absolute atomic E-state index is 4.81. The molecule has 1 aromatic rings. The van der Waals surface area contributed by atoms with E-state index in [4.69, 9.17) is 4.98 Å². The Morgan fingerprint density at radius 2 is 1.95 bits per heavy atom. The predicted molar refractivity (Wildman–Crippen MR) is 79.4 cm³/mol. The van der Waals surface area contributed by atoms with Gasteiger partial charge in [0.2, 0.25) is 0 Å². The molecule has 1 saturated heterocycles. The highest BCUT2D eigenvalue weighted by Gasteiger charge is 2.21. The summed E-state index contributed by atoms with van der Waals surface area (Å²) in [5.74, 6) is 2.04. The van der Waals surface area contributed by atoms with Gasteiger partial charge in [0, 0.05) is 31.4 Å². The van der Waals surface area contributed by atoms with Gasteiger partial charge < -0.3 is 10.2 Å². The van der Waals surface area contributed by atoms with Crippen molar-refractivity contribution in [3.8, 4) is 0 Å². The average molecular weight is 259 g/mol. The summed E-state index contributed by atoms with van der Waals surface area (Å²) in [5.41, 5.74) is 2.53. The first kappa shape index (κ1) is 12.9. The Morgan fingerprint density at radius 3 is 2.58 bits per heavy atom. The summed E-state index contributed by atoms with van der Waals surface area (Å²) in [6.45, 7) is 7.78. The van der Waals surface area contributed by atoms with Crippen molar-refractivity contribution in [2.24, 2.45) is 5.92 Å². The lowest BCUT2D eigenvalue weighted by atomic mass is 9.99. The molecular formula is C16H25N3. The smallest absolute Gasteiger partial charge is 0.128 e. The molecule has 2 heterocycles. The van der Waals surface area contributed by atoms with E-state index in [0.29, 0.717) is 0 Å². The molecule has 2 fully saturated rings. The predicted octanol–water partition coefficient (Wildman–Crippen LogP) is 2.88. The quantitative estimate of drug-likeness (QED) is 0.901. The first-order valence-electron chi connectivity index (χ1n) is 7.67. The normalized spacial score (nSPS) is 20.8. The Hall–Kier alpha value is -1.09. The van der Waals surface area contributed by atoms with E-state index in [2.05, 4.69) is 36.2 Å². The number of nitrogens with one attached hydrogen (secondary N) is 1. The molecule has 1 N–H and O–H groups in total. The minimum Gasteiger partial charge on any atom is -0.357 e. The van der Waals surface area contributed by atoms with Crippen molar-refractivity contribution in [1.29, 1.82) is 0 Å². The molecule has 0 atom stereocenters. The van der Waals surface area contributed by atoms with E-state index < -0.39 is 0 Å². The van der Waals surface area contributed by atoms with Crippen LogP contribution in [-0.2, 0) is 6.54 Å². The fraction of sp³-hybridized carbons (Fsp3) is 0.688. The van der Waals surface area contributed by atoms with Crippen LogP contribution in [-0.4, -0.2) is 24.1 Å². The summed E-state index contributed by atoms with van der Waals surface area (Å²) in [6.07, 6.45) is 5.28. The van der Waals surface area contributed by atoms with Crippen molar-refractivity contribution in [3.63, 3.8) is 0 Å². The summed E-state index contributed by atoms with van der Waals surface area (Å²) in [5, 5.41) is 3.56. The number of aryl methyl sites for hydroxylation is 1. The Balaban J connectivity index is 1.64. The van der Waals surface area contributed by atoms with Crippen molar-refractivity contribution in [3.05, 3.63) is 23.4 Å². The molecular weight excluding hydrogens is 234 g/mol. The Morgan fingerprint density at radius 1 is 1.21 bits per heavy atom. The van der Waals surface area contributed by atoms with Crippen molar-refractivity contribution in [1.82, 2.24) is 10.3 Å². The molecule has 1 aromatic heterocycles. The van der Waals surface area contributed by atoms with Crippen LogP contribution in [0.1, 0.15) is 43.9 Å². The van der Waals surface area contributed by atoms with Gasteiger partial charge in [-0.3, -0.25) is 0 Å². The van der Waals surface area contributed by atoms with Crippen LogP contribution in [0.25, 0.3) is 0 Å². The Labute approximate surface area is 116 Å². The third-order valence-electron chi connectivity index (χ3n) is 4.45. The lowest BCUT2D eigenvalue weighted by molar-refractivity contribution is 0.436. The second-order valence-electron chi connectivity index (χ2n) is 6.24. The number of rotatable bonds is 4. The molecule has 1 aliphatic heterocycles. The van der Waals surface area contributed by atoms with Gasteiger partial charge in [0.1, 0.15) is 5.82 Å². The van der Waals surface area contributed by atoms with Crippen LogP contribution in [0.4, 0.5) is 5.82 Å². The van der Waals surface area contributed by atoms with Crippen LogP contribution >= 0.6 is 0 Å². The van der Waals surface area contributed by atoms with Gasteiger partial charge in [0.15, 0.2) is 0 Å². The number of nitrogens with zero attached hydrogens (tertiary/aromatic N) is 2. The molecule has 0 unspecified atom stereocenters. The second-order valence-corrected chi connectivity index (χ2v) is 6.24. The molecule has 19 heavy (non-hydrogen) atoms. The number of anilines is 1. The highest BCUT2D eigenvalue weighted by Crippen LogP contribution is 2.23. The summed E-state index contributed by atoms with van der Waals surface area (Å²) >= 11 is 0. The fourth-order valence-electron chi connectivity index (χ4n) is 2.72. The summed E-state index contributed by atoms with van der Waals surface area (Å²) in [6, 6.07) is 5.22. The number of piperidine rings is 1. The molecule has 3 nitrogen and oxygen atoms in total. The zero-order chi connectivity index (χ0) is 13.2. The van der Waals surface area contributed by atoms with Gasteiger partial charge in [-0.15, -0.1) is 0 Å². The van der Waals surface area contributed by atoms with Crippen LogP contribution in [0.5, 0.6) is 0 Å². The Kier molecular flexibility index (Phi) is 3.74. The number of hydrogen-bond donors (Lipinski definition) is 1. The molecule has 3 rings (SSSR count). The molecule has 1 aliphatic carbocycles. The molecule has 0 bridgehead atoms. The van der Waals surface area contributed by atoms with E-state index in [1.54, 1.807) is 0 Å². The molecule has 104 valence electrons. The summed E-state index contributed by atoms with van der Waals surface area (Å²) in [4.78, 5) is 7.24. The largest absolute Gasteiger partial charge is 0.357 e. The zero-order valence-corrected chi connectivity index (χ0v) is 12.2. The summed E-state index contributed by atoms with van der Waals surface area (Å²) in [7, 11) is 0. The lowest BCUT2D eigenvalue weighted by Crippen LogP contribution is -2.33. The minimum absolute atomic E-state index is 0.766. The SMILES string of the molecule is Cc1nc(N2CCC(C)CC2)ccc1CNC1CC1. The first-order chi connectivity index (χ1) is 9.22. The maximum atomic E-state index is 4.81. The van der Waals surface area contributed by atoms with Crippen molar-refractivity contribution < 1.29 is 0 Å². The molecule has 1 saturated carbocycles. The number of pyridine rings is 1. The van der Waals surface area contributed by atoms with Crippen LogP contribution in [0, 0.1) is 12.8 Å². The van der Waals surface area contributed by atoms with Gasteiger partial charge in [0.25, 0.3) is 0 Å². The van der Waals surface area contributed by atoms with Crippen LogP contribution in [0.15, 0.2) is 12.1 Å². The Bertz CT molecular complexity index is 432. The van der Waals surface area contributed by atoms with Crippen molar-refractivity contribution in [2.45, 2.75) is 52.1 Å². The third-order valence-corrected chi connectivity index (χ3v) is 4.45. The van der Waals surface area contributed by atoms with E-state index >= 15 is 0 Å². The fourth-order valence-corrected chi connectivity index (χ4v) is 2.72. The molecule has 0 radical (unpaired) electrons. The highest BCUT2D eigenvalue weighted by molar-refractivity contribution is 5.42. The summed E-state index contributed by atoms with van der Waals surface area (Å²) < 4.78 is 0. The van der Waals surface area contributed by atoms with E-state index in [-0.39, 0.29) is 0 Å². The number of hydrogen-bond acceptors (Lipinski definition) is 3. The molecule has 3 heteroatoms. The molecule has 0 spiro atoms. The van der Waals surface area contributed by atoms with Crippen molar-refractivity contribution >= 4 is 5.82 Å². The first-order valence-corrected chi connectivity index (χ1v) is 7.67. The van der Waals surface area contributed by atoms with Crippen LogP contribution in [0.3, 0.4) is 0 Å². The van der Waals surface area contributed by atoms with E-state index in [0.717, 1.165) is 31.6 Å². The topological polar surface area (TPSA) is 28.2 Å². The van der Waals surface area contributed by atoms with Gasteiger partial charge in [0.05, 0.1) is 0 Å². The molecule has 2 aliphatic rings. The monoisotopic (exact) mass is 259 g/mol. The zero-order valence-electron chi connectivity index (χ0n) is 12.2. The van der Waals surface area contributed by atoms with E-state index in [9.17, 15) is 0 Å². The van der Waals surface area contributed by atoms with Crippen molar-refractivity contribution in [2.75, 3.05) is 18.0 Å². The number of aromatic nitrogens is 1. The van der Waals surface area contributed by atoms with Gasteiger partial charge in [-0.1, -0.05) is 13.0 Å². The van der Waals surface area contributed by atoms with Gasteiger partial charge in [-0.2, -0.15) is 0 Å². The molecule has 0 aromatic carbocycles. The lowest BCUT2D eigenvalue weighted by Gasteiger charge is -2.31. The molecule has 0 amide bonds. The van der Waals surface area contributed by atoms with Gasteiger partial charge in [-0.05, 0) is 50.2 Å². The van der Waals surface area contributed by atoms with E-state index in [1.165, 1.54) is 42.8 Å². The van der Waals surface area contributed by atoms with Gasteiger partial charge >= 0.3 is 0 Å². The second kappa shape index (κ2) is 5.49. The standard InChI is InChI=1S/C16H25N3/c1-12-7-9-19(10-8-12)16-6-3-14(13(2)18-16)11-17-15-4-5-15/h3,6,12,15,17H,4-5,7-11H2,1-2H3. The van der Waals surface area contributed by atoms with E-state index in [1.807, 2.05) is 0 Å². The van der Waals surface area contributed by atoms with Crippen LogP contribution in [0.2, 0.25) is 0 Å². The minimum atomic E-state index is 0.766. The van der Waals surface area contributed by atoms with Gasteiger partial charge in [-0.25, -0.2) is 4.98 Å². The highest BCUT2D eigenvalue weighted by atomic mass is 15.2. The third kappa shape index (κ3) is 3.27. The maximum Gasteiger partial charge on any atom is 0.128 e. The average Bonchev–Trinajstić information content (AvgIpc) is 3.22. The van der Waals surface area contributed by atoms with Crippen LogP contribution < -0.4 is 10.2 Å².